The van der Waals surface area contributed by atoms with Gasteiger partial charge in [-0.1, -0.05) is 37.1 Å². The van der Waals surface area contributed by atoms with Crippen LogP contribution in [0, 0.1) is 0 Å². The molecular formula is C10H14ClNO. The smallest absolute Gasteiger partial charge is 0.147 e. The van der Waals surface area contributed by atoms with Crippen molar-refractivity contribution in [1.29, 1.82) is 0 Å². The molecule has 0 heterocycles. The highest BCUT2D eigenvalue weighted by molar-refractivity contribution is 6.32. The zero-order valence-corrected chi connectivity index (χ0v) is 8.42. The maximum Gasteiger partial charge on any atom is 0.147 e. The van der Waals surface area contributed by atoms with E-state index in [2.05, 4.69) is 6.92 Å². The molecule has 0 fully saturated rings. The molecule has 0 saturated heterocycles. The molecule has 0 aliphatic rings. The van der Waals surface area contributed by atoms with Gasteiger partial charge < -0.3 is 4.74 Å². The highest BCUT2D eigenvalue weighted by atomic mass is 35.5. The highest BCUT2D eigenvalue weighted by Crippen LogP contribution is 2.23. The Hall–Kier alpha value is -0.730. The van der Waals surface area contributed by atoms with E-state index in [0.717, 1.165) is 12.8 Å². The number of nitrogens with two attached hydrogens (primary N) is 1. The Morgan fingerprint density at radius 1 is 1.46 bits per heavy atom. The number of para-hydroxylation sites is 1. The largest absolute Gasteiger partial charge is 0.474 e. The Bertz CT molecular complexity index is 265. The van der Waals surface area contributed by atoms with Gasteiger partial charge in [0.2, 0.25) is 0 Å². The van der Waals surface area contributed by atoms with Gasteiger partial charge in [-0.25, -0.2) is 0 Å². The Kier molecular flexibility index (Phi) is 4.06. The Labute approximate surface area is 83.6 Å². The summed E-state index contributed by atoms with van der Waals surface area (Å²) < 4.78 is 5.43. The predicted molar refractivity (Wildman–Crippen MR) is 55.0 cm³/mol. The van der Waals surface area contributed by atoms with Crippen molar-refractivity contribution >= 4 is 11.6 Å². The summed E-state index contributed by atoms with van der Waals surface area (Å²) in [5.74, 6) is 0.658. The van der Waals surface area contributed by atoms with Crippen LogP contribution in [0.5, 0.6) is 5.75 Å². The summed E-state index contributed by atoms with van der Waals surface area (Å²) in [5, 5.41) is 0.606. The molecule has 0 spiro atoms. The summed E-state index contributed by atoms with van der Waals surface area (Å²) in [5.41, 5.74) is 5.70. The summed E-state index contributed by atoms with van der Waals surface area (Å²) in [6.45, 7) is 2.07. The molecule has 0 bridgehead atoms. The van der Waals surface area contributed by atoms with E-state index in [0.29, 0.717) is 10.8 Å². The van der Waals surface area contributed by atoms with Crippen LogP contribution in [0.4, 0.5) is 0 Å². The molecule has 0 aromatic heterocycles. The predicted octanol–water partition coefficient (Wildman–Crippen LogP) is 2.80. The summed E-state index contributed by atoms with van der Waals surface area (Å²) in [6, 6.07) is 7.34. The van der Waals surface area contributed by atoms with E-state index in [1.54, 1.807) is 6.07 Å². The lowest BCUT2D eigenvalue weighted by Crippen LogP contribution is -2.26. The molecule has 0 aliphatic heterocycles. The van der Waals surface area contributed by atoms with Crippen molar-refractivity contribution in [2.45, 2.75) is 26.0 Å². The van der Waals surface area contributed by atoms with E-state index in [1.807, 2.05) is 18.2 Å². The van der Waals surface area contributed by atoms with Crippen LogP contribution in [0.15, 0.2) is 24.3 Å². The maximum absolute atomic E-state index is 5.89. The van der Waals surface area contributed by atoms with Gasteiger partial charge in [-0.15, -0.1) is 0 Å². The first-order chi connectivity index (χ1) is 6.24. The zero-order valence-electron chi connectivity index (χ0n) is 7.66. The van der Waals surface area contributed by atoms with E-state index in [9.17, 15) is 0 Å². The molecule has 1 rings (SSSR count). The van der Waals surface area contributed by atoms with Crippen molar-refractivity contribution in [2.75, 3.05) is 0 Å². The van der Waals surface area contributed by atoms with Crippen LogP contribution in [0.3, 0.4) is 0 Å². The molecule has 1 aromatic rings. The minimum Gasteiger partial charge on any atom is -0.474 e. The van der Waals surface area contributed by atoms with Crippen LogP contribution in [0.1, 0.15) is 19.8 Å². The quantitative estimate of drug-likeness (QED) is 0.757. The lowest BCUT2D eigenvalue weighted by Gasteiger charge is -2.14. The first-order valence-electron chi connectivity index (χ1n) is 4.40. The fraction of sp³-hybridized carbons (Fsp3) is 0.400. The first kappa shape index (κ1) is 10.4. The Balaban J connectivity index is 2.58. The van der Waals surface area contributed by atoms with E-state index in [4.69, 9.17) is 22.1 Å². The van der Waals surface area contributed by atoms with Gasteiger partial charge in [0.15, 0.2) is 0 Å². The molecule has 0 aliphatic carbocycles. The number of benzene rings is 1. The molecule has 1 unspecified atom stereocenters. The fourth-order valence-corrected chi connectivity index (χ4v) is 1.23. The van der Waals surface area contributed by atoms with Crippen molar-refractivity contribution in [1.82, 2.24) is 0 Å². The molecule has 72 valence electrons. The molecule has 2 nitrogen and oxygen atoms in total. The SMILES string of the molecule is CCCC(N)Oc1ccccc1Cl. The van der Waals surface area contributed by atoms with Gasteiger partial charge in [0, 0.05) is 0 Å². The molecule has 13 heavy (non-hydrogen) atoms. The van der Waals surface area contributed by atoms with Crippen LogP contribution in [-0.4, -0.2) is 6.23 Å². The second-order valence-electron chi connectivity index (χ2n) is 2.88. The third-order valence-corrected chi connectivity index (χ3v) is 2.00. The number of ether oxygens (including phenoxy) is 1. The monoisotopic (exact) mass is 199 g/mol. The molecular weight excluding hydrogens is 186 g/mol. The number of hydrogen-bond donors (Lipinski definition) is 1. The van der Waals surface area contributed by atoms with Crippen molar-refractivity contribution in [3.63, 3.8) is 0 Å². The zero-order chi connectivity index (χ0) is 9.68. The summed E-state index contributed by atoms with van der Waals surface area (Å²) in [7, 11) is 0. The van der Waals surface area contributed by atoms with Crippen LogP contribution in [-0.2, 0) is 0 Å². The first-order valence-corrected chi connectivity index (χ1v) is 4.78. The normalized spacial score (nSPS) is 12.5. The number of rotatable bonds is 4. The van der Waals surface area contributed by atoms with Gasteiger partial charge in [-0.05, 0) is 18.6 Å². The minimum atomic E-state index is -0.259. The third-order valence-electron chi connectivity index (χ3n) is 1.69. The molecule has 0 saturated carbocycles. The minimum absolute atomic E-state index is 0.259. The molecule has 2 N–H and O–H groups in total. The van der Waals surface area contributed by atoms with Gasteiger partial charge >= 0.3 is 0 Å². The van der Waals surface area contributed by atoms with Gasteiger partial charge in [0.25, 0.3) is 0 Å². The van der Waals surface area contributed by atoms with Crippen molar-refractivity contribution in [2.24, 2.45) is 5.73 Å². The van der Waals surface area contributed by atoms with Crippen LogP contribution < -0.4 is 10.5 Å². The van der Waals surface area contributed by atoms with Crippen molar-refractivity contribution < 1.29 is 4.74 Å². The lowest BCUT2D eigenvalue weighted by molar-refractivity contribution is 0.198. The van der Waals surface area contributed by atoms with E-state index >= 15 is 0 Å². The third kappa shape index (κ3) is 3.25. The highest BCUT2D eigenvalue weighted by Gasteiger charge is 2.05. The lowest BCUT2D eigenvalue weighted by atomic mass is 10.3. The van der Waals surface area contributed by atoms with Gasteiger partial charge in [0.05, 0.1) is 5.02 Å². The second-order valence-corrected chi connectivity index (χ2v) is 3.28. The summed E-state index contributed by atoms with van der Waals surface area (Å²) in [6.07, 6.45) is 1.58. The average Bonchev–Trinajstić information content (AvgIpc) is 2.09. The molecule has 0 radical (unpaired) electrons. The molecule has 1 aromatic carbocycles. The fourth-order valence-electron chi connectivity index (χ4n) is 1.05. The maximum atomic E-state index is 5.89. The summed E-state index contributed by atoms with van der Waals surface area (Å²) in [4.78, 5) is 0. The molecule has 3 heteroatoms. The van der Waals surface area contributed by atoms with Crippen molar-refractivity contribution in [3.8, 4) is 5.75 Å². The summed E-state index contributed by atoms with van der Waals surface area (Å²) >= 11 is 5.89. The Morgan fingerprint density at radius 2 is 2.15 bits per heavy atom. The standard InChI is InChI=1S/C10H14ClNO/c1-2-5-10(12)13-9-7-4-3-6-8(9)11/h3-4,6-7,10H,2,5,12H2,1H3. The average molecular weight is 200 g/mol. The van der Waals surface area contributed by atoms with Crippen LogP contribution >= 0.6 is 11.6 Å². The van der Waals surface area contributed by atoms with E-state index < -0.39 is 0 Å². The topological polar surface area (TPSA) is 35.2 Å². The van der Waals surface area contributed by atoms with Gasteiger partial charge in [0.1, 0.15) is 12.0 Å². The van der Waals surface area contributed by atoms with Gasteiger partial charge in [-0.2, -0.15) is 0 Å². The number of halogens is 1. The molecule has 1 atom stereocenters. The van der Waals surface area contributed by atoms with Crippen LogP contribution in [0.2, 0.25) is 5.02 Å². The Morgan fingerprint density at radius 3 is 2.77 bits per heavy atom. The second kappa shape index (κ2) is 5.10. The molecule has 0 amide bonds. The van der Waals surface area contributed by atoms with E-state index in [-0.39, 0.29) is 6.23 Å². The number of hydrogen-bond acceptors (Lipinski definition) is 2. The van der Waals surface area contributed by atoms with Gasteiger partial charge in [-0.3, -0.25) is 5.73 Å². The van der Waals surface area contributed by atoms with E-state index in [1.165, 1.54) is 0 Å². The van der Waals surface area contributed by atoms with Crippen molar-refractivity contribution in [3.05, 3.63) is 29.3 Å². The van der Waals surface area contributed by atoms with Crippen LogP contribution in [0.25, 0.3) is 0 Å².